The molecule has 3 heteroatoms. The number of hydrogen-bond donors (Lipinski definition) is 1. The first-order valence-corrected chi connectivity index (χ1v) is 7.45. The van der Waals surface area contributed by atoms with Crippen molar-refractivity contribution in [2.75, 3.05) is 13.2 Å². The monoisotopic (exact) mass is 284 g/mol. The summed E-state index contributed by atoms with van der Waals surface area (Å²) in [6, 6.07) is 15.3. The molecule has 0 radical (unpaired) electrons. The molecule has 0 aliphatic carbocycles. The summed E-state index contributed by atoms with van der Waals surface area (Å²) < 4.78 is 10.9. The van der Waals surface area contributed by atoms with Gasteiger partial charge in [0.2, 0.25) is 0 Å². The topological polar surface area (TPSA) is 42.0 Å². The minimum absolute atomic E-state index is 0.287. The van der Waals surface area contributed by atoms with Crippen LogP contribution in [0, 0.1) is 0 Å². The van der Waals surface area contributed by atoms with Crippen LogP contribution >= 0.6 is 0 Å². The molecule has 1 heterocycles. The molecule has 0 bridgehead atoms. The fourth-order valence-corrected chi connectivity index (χ4v) is 2.30. The first-order valence-electron chi connectivity index (χ1n) is 7.45. The lowest BCUT2D eigenvalue weighted by Crippen LogP contribution is -1.98. The molecule has 1 N–H and O–H groups in total. The third kappa shape index (κ3) is 4.23. The highest BCUT2D eigenvalue weighted by molar-refractivity contribution is 5.64. The smallest absolute Gasteiger partial charge is 0.119 e. The summed E-state index contributed by atoms with van der Waals surface area (Å²) in [7, 11) is 0. The van der Waals surface area contributed by atoms with Gasteiger partial charge in [-0.3, -0.25) is 0 Å². The molecule has 2 aromatic rings. The van der Waals surface area contributed by atoms with Gasteiger partial charge in [-0.2, -0.15) is 0 Å². The summed E-state index contributed by atoms with van der Waals surface area (Å²) in [5.41, 5.74) is 2.21. The average Bonchev–Trinajstić information content (AvgIpc) is 3.33. The van der Waals surface area contributed by atoms with Crippen molar-refractivity contribution in [3.8, 4) is 22.6 Å². The zero-order valence-corrected chi connectivity index (χ0v) is 12.0. The summed E-state index contributed by atoms with van der Waals surface area (Å²) in [6.07, 6.45) is 3.91. The number of hydrogen-bond acceptors (Lipinski definition) is 3. The fourth-order valence-electron chi connectivity index (χ4n) is 2.30. The highest BCUT2D eigenvalue weighted by Crippen LogP contribution is 2.24. The van der Waals surface area contributed by atoms with Gasteiger partial charge in [-0.15, -0.1) is 0 Å². The zero-order valence-electron chi connectivity index (χ0n) is 12.0. The molecular weight excluding hydrogens is 264 g/mol. The van der Waals surface area contributed by atoms with E-state index in [-0.39, 0.29) is 5.75 Å². The summed E-state index contributed by atoms with van der Waals surface area (Å²) in [6.45, 7) is 1.70. The van der Waals surface area contributed by atoms with Crippen molar-refractivity contribution in [3.05, 3.63) is 48.5 Å². The molecule has 3 nitrogen and oxygen atoms in total. The van der Waals surface area contributed by atoms with Gasteiger partial charge in [-0.05, 0) is 54.7 Å². The van der Waals surface area contributed by atoms with E-state index in [2.05, 4.69) is 0 Å². The highest BCUT2D eigenvalue weighted by atomic mass is 16.6. The third-order valence-electron chi connectivity index (χ3n) is 3.65. The third-order valence-corrected chi connectivity index (χ3v) is 3.65. The Balaban J connectivity index is 1.47. The van der Waals surface area contributed by atoms with E-state index in [9.17, 15) is 5.11 Å². The second kappa shape index (κ2) is 6.64. The van der Waals surface area contributed by atoms with Gasteiger partial charge in [-0.25, -0.2) is 0 Å². The molecule has 0 spiro atoms. The van der Waals surface area contributed by atoms with Crippen LogP contribution in [-0.4, -0.2) is 24.4 Å². The van der Waals surface area contributed by atoms with Gasteiger partial charge in [0, 0.05) is 0 Å². The summed E-state index contributed by atoms with van der Waals surface area (Å²) >= 11 is 0. The van der Waals surface area contributed by atoms with E-state index in [0.29, 0.717) is 6.10 Å². The first-order chi connectivity index (χ1) is 10.3. The minimum Gasteiger partial charge on any atom is -0.508 e. The molecule has 3 rings (SSSR count). The molecule has 1 atom stereocenters. The van der Waals surface area contributed by atoms with Crippen LogP contribution in [0.15, 0.2) is 48.5 Å². The number of benzene rings is 2. The lowest BCUT2D eigenvalue weighted by atomic mass is 10.1. The number of aromatic hydroxyl groups is 1. The van der Waals surface area contributed by atoms with E-state index in [0.717, 1.165) is 49.4 Å². The molecule has 110 valence electrons. The highest BCUT2D eigenvalue weighted by Gasteiger charge is 2.20. The van der Waals surface area contributed by atoms with E-state index in [1.807, 2.05) is 36.4 Å². The molecule has 1 aliphatic heterocycles. The van der Waals surface area contributed by atoms with Gasteiger partial charge in [-0.1, -0.05) is 24.3 Å². The van der Waals surface area contributed by atoms with Gasteiger partial charge in [0.1, 0.15) is 11.5 Å². The minimum atomic E-state index is 0.287. The summed E-state index contributed by atoms with van der Waals surface area (Å²) in [4.78, 5) is 0. The normalized spacial score (nSPS) is 16.7. The SMILES string of the molecule is Oc1ccc(-c2ccc(OCCCCC3CO3)cc2)cc1. The van der Waals surface area contributed by atoms with Crippen molar-refractivity contribution < 1.29 is 14.6 Å². The van der Waals surface area contributed by atoms with Gasteiger partial charge in [0.05, 0.1) is 19.3 Å². The Morgan fingerprint density at radius 3 is 2.19 bits per heavy atom. The average molecular weight is 284 g/mol. The van der Waals surface area contributed by atoms with Crippen LogP contribution in [-0.2, 0) is 4.74 Å². The van der Waals surface area contributed by atoms with E-state index in [1.165, 1.54) is 0 Å². The molecule has 21 heavy (non-hydrogen) atoms. The largest absolute Gasteiger partial charge is 0.508 e. The van der Waals surface area contributed by atoms with Crippen LogP contribution in [0.1, 0.15) is 19.3 Å². The van der Waals surface area contributed by atoms with Gasteiger partial charge in [0.25, 0.3) is 0 Å². The van der Waals surface area contributed by atoms with Gasteiger partial charge < -0.3 is 14.6 Å². The van der Waals surface area contributed by atoms with Crippen LogP contribution in [0.4, 0.5) is 0 Å². The van der Waals surface area contributed by atoms with Crippen molar-refractivity contribution in [2.24, 2.45) is 0 Å². The van der Waals surface area contributed by atoms with Crippen molar-refractivity contribution in [1.82, 2.24) is 0 Å². The number of rotatable bonds is 7. The number of ether oxygens (including phenoxy) is 2. The fraction of sp³-hybridized carbons (Fsp3) is 0.333. The lowest BCUT2D eigenvalue weighted by Gasteiger charge is -2.07. The number of epoxide rings is 1. The Kier molecular flexibility index (Phi) is 4.41. The Bertz CT molecular complexity index is 556. The van der Waals surface area contributed by atoms with Crippen molar-refractivity contribution in [3.63, 3.8) is 0 Å². The number of unbranched alkanes of at least 4 members (excludes halogenated alkanes) is 1. The molecule has 1 saturated heterocycles. The molecular formula is C18H20O3. The Morgan fingerprint density at radius 2 is 1.57 bits per heavy atom. The molecule has 2 aromatic carbocycles. The Hall–Kier alpha value is -2.00. The predicted octanol–water partition coefficient (Wildman–Crippen LogP) is 4.01. The van der Waals surface area contributed by atoms with Crippen LogP contribution in [0.3, 0.4) is 0 Å². The quantitative estimate of drug-likeness (QED) is 0.617. The van der Waals surface area contributed by atoms with Gasteiger partial charge >= 0.3 is 0 Å². The van der Waals surface area contributed by atoms with Crippen molar-refractivity contribution in [2.45, 2.75) is 25.4 Å². The van der Waals surface area contributed by atoms with Crippen LogP contribution < -0.4 is 4.74 Å². The molecule has 0 amide bonds. The van der Waals surface area contributed by atoms with E-state index in [1.54, 1.807) is 12.1 Å². The molecule has 1 aliphatic rings. The maximum atomic E-state index is 9.30. The van der Waals surface area contributed by atoms with Crippen molar-refractivity contribution in [1.29, 1.82) is 0 Å². The standard InChI is InChI=1S/C18H20O3/c19-16-8-4-14(5-9-16)15-6-10-17(11-7-15)20-12-2-1-3-18-13-21-18/h4-11,18-19H,1-3,12-13H2. The Labute approximate surface area is 125 Å². The number of phenols is 1. The molecule has 0 saturated carbocycles. The maximum Gasteiger partial charge on any atom is 0.119 e. The van der Waals surface area contributed by atoms with Crippen LogP contribution in [0.2, 0.25) is 0 Å². The van der Waals surface area contributed by atoms with E-state index >= 15 is 0 Å². The number of phenolic OH excluding ortho intramolecular Hbond substituents is 1. The van der Waals surface area contributed by atoms with Crippen LogP contribution in [0.5, 0.6) is 11.5 Å². The van der Waals surface area contributed by atoms with Gasteiger partial charge in [0.15, 0.2) is 0 Å². The predicted molar refractivity (Wildman–Crippen MR) is 82.6 cm³/mol. The lowest BCUT2D eigenvalue weighted by molar-refractivity contribution is 0.299. The van der Waals surface area contributed by atoms with E-state index in [4.69, 9.17) is 9.47 Å². The Morgan fingerprint density at radius 1 is 0.952 bits per heavy atom. The summed E-state index contributed by atoms with van der Waals surface area (Å²) in [5, 5.41) is 9.30. The second-order valence-electron chi connectivity index (χ2n) is 5.37. The van der Waals surface area contributed by atoms with Crippen molar-refractivity contribution >= 4 is 0 Å². The molecule has 0 aromatic heterocycles. The second-order valence-corrected chi connectivity index (χ2v) is 5.37. The van der Waals surface area contributed by atoms with Crippen LogP contribution in [0.25, 0.3) is 11.1 Å². The molecule has 1 unspecified atom stereocenters. The maximum absolute atomic E-state index is 9.30. The molecule has 1 fully saturated rings. The van der Waals surface area contributed by atoms with E-state index < -0.39 is 0 Å². The first kappa shape index (κ1) is 14.0. The summed E-state index contributed by atoms with van der Waals surface area (Å²) in [5.74, 6) is 1.19. The zero-order chi connectivity index (χ0) is 14.5.